The van der Waals surface area contributed by atoms with Gasteiger partial charge in [0.05, 0.1) is 22.8 Å². The third-order valence-electron chi connectivity index (χ3n) is 3.01. The Morgan fingerprint density at radius 3 is 2.37 bits per heavy atom. The second-order valence-electron chi connectivity index (χ2n) is 4.37. The number of benzene rings is 2. The summed E-state index contributed by atoms with van der Waals surface area (Å²) >= 11 is 0. The predicted molar refractivity (Wildman–Crippen MR) is 77.3 cm³/mol. The number of rotatable bonds is 4. The minimum Gasteiger partial charge on any atom is -0.254 e. The normalized spacial score (nSPS) is 13.5. The van der Waals surface area contributed by atoms with Gasteiger partial charge in [-0.2, -0.15) is 5.26 Å². The summed E-state index contributed by atoms with van der Waals surface area (Å²) in [6.07, 6.45) is 0. The van der Waals surface area contributed by atoms with Gasteiger partial charge in [-0.1, -0.05) is 48.5 Å². The van der Waals surface area contributed by atoms with E-state index in [1.807, 2.05) is 61.5 Å². The van der Waals surface area contributed by atoms with Gasteiger partial charge in [-0.3, -0.25) is 4.21 Å². The Morgan fingerprint density at radius 1 is 1.11 bits per heavy atom. The third-order valence-corrected chi connectivity index (χ3v) is 4.60. The maximum absolute atomic E-state index is 12.4. The van der Waals surface area contributed by atoms with Crippen LogP contribution >= 0.6 is 0 Å². The molecule has 2 nitrogen and oxygen atoms in total. The lowest BCUT2D eigenvalue weighted by atomic mass is 10.0. The smallest absolute Gasteiger partial charge is 0.0831 e. The Kier molecular flexibility index (Phi) is 4.48. The Bertz CT molecular complexity index is 616. The van der Waals surface area contributed by atoms with Crippen LogP contribution in [0.3, 0.4) is 0 Å². The minimum atomic E-state index is -1.15. The Balaban J connectivity index is 2.19. The van der Waals surface area contributed by atoms with Crippen LogP contribution in [0.15, 0.2) is 59.5 Å². The lowest BCUT2D eigenvalue weighted by molar-refractivity contribution is 0.680. The highest BCUT2D eigenvalue weighted by atomic mass is 32.2. The van der Waals surface area contributed by atoms with E-state index in [-0.39, 0.29) is 5.92 Å². The highest BCUT2D eigenvalue weighted by Crippen LogP contribution is 2.20. The summed E-state index contributed by atoms with van der Waals surface area (Å²) in [7, 11) is -1.15. The van der Waals surface area contributed by atoms with Gasteiger partial charge >= 0.3 is 0 Å². The van der Waals surface area contributed by atoms with Crippen LogP contribution in [0.5, 0.6) is 0 Å². The zero-order valence-electron chi connectivity index (χ0n) is 10.7. The van der Waals surface area contributed by atoms with Gasteiger partial charge in [0.1, 0.15) is 0 Å². The molecular formula is C16H15NOS. The van der Waals surface area contributed by atoms with Gasteiger partial charge in [0, 0.05) is 10.6 Å². The fourth-order valence-corrected chi connectivity index (χ4v) is 3.35. The van der Waals surface area contributed by atoms with E-state index in [9.17, 15) is 9.47 Å². The van der Waals surface area contributed by atoms with Crippen molar-refractivity contribution in [3.63, 3.8) is 0 Å². The van der Waals surface area contributed by atoms with Gasteiger partial charge in [-0.15, -0.1) is 0 Å². The summed E-state index contributed by atoms with van der Waals surface area (Å²) < 4.78 is 12.4. The Morgan fingerprint density at radius 2 is 1.74 bits per heavy atom. The zero-order valence-corrected chi connectivity index (χ0v) is 11.6. The average Bonchev–Trinajstić information content (AvgIpc) is 2.46. The molecule has 2 unspecified atom stereocenters. The van der Waals surface area contributed by atoms with Crippen molar-refractivity contribution >= 4 is 10.8 Å². The monoisotopic (exact) mass is 269 g/mol. The first-order valence-corrected chi connectivity index (χ1v) is 7.43. The van der Waals surface area contributed by atoms with Crippen molar-refractivity contribution in [3.05, 3.63) is 65.7 Å². The van der Waals surface area contributed by atoms with Crippen molar-refractivity contribution in [2.24, 2.45) is 0 Å². The summed E-state index contributed by atoms with van der Waals surface area (Å²) in [5.74, 6) is 0.00684. The van der Waals surface area contributed by atoms with Crippen molar-refractivity contribution < 1.29 is 4.21 Å². The van der Waals surface area contributed by atoms with Crippen LogP contribution in [-0.2, 0) is 10.8 Å². The van der Waals surface area contributed by atoms with E-state index in [4.69, 9.17) is 0 Å². The summed E-state index contributed by atoms with van der Waals surface area (Å²) in [5.41, 5.74) is 1.93. The molecule has 0 saturated carbocycles. The fraction of sp³-hybridized carbons (Fsp3) is 0.188. The fourth-order valence-electron chi connectivity index (χ4n) is 1.95. The topological polar surface area (TPSA) is 40.9 Å². The van der Waals surface area contributed by atoms with Gasteiger partial charge in [0.25, 0.3) is 0 Å². The highest BCUT2D eigenvalue weighted by molar-refractivity contribution is 7.85. The molecule has 0 radical (unpaired) electrons. The number of aryl methyl sites for hydroxylation is 1. The summed E-state index contributed by atoms with van der Waals surface area (Å²) in [5, 5.41) is 9.26. The second kappa shape index (κ2) is 6.31. The largest absolute Gasteiger partial charge is 0.254 e. The van der Waals surface area contributed by atoms with Gasteiger partial charge in [0.2, 0.25) is 0 Å². The molecule has 19 heavy (non-hydrogen) atoms. The average molecular weight is 269 g/mol. The van der Waals surface area contributed by atoms with Crippen molar-refractivity contribution in [2.75, 3.05) is 5.75 Å². The van der Waals surface area contributed by atoms with Crippen LogP contribution in [-0.4, -0.2) is 9.96 Å². The van der Waals surface area contributed by atoms with E-state index in [1.165, 1.54) is 0 Å². The van der Waals surface area contributed by atoms with Crippen LogP contribution in [0.1, 0.15) is 17.0 Å². The van der Waals surface area contributed by atoms with Crippen LogP contribution in [0, 0.1) is 18.3 Å². The number of nitrogens with zero attached hydrogens (tertiary/aromatic N) is 1. The third kappa shape index (κ3) is 3.30. The predicted octanol–water partition coefficient (Wildman–Crippen LogP) is 3.41. The molecule has 0 fully saturated rings. The minimum absolute atomic E-state index is 0.332. The molecule has 2 rings (SSSR count). The lowest BCUT2D eigenvalue weighted by Gasteiger charge is -2.10. The van der Waals surface area contributed by atoms with Crippen molar-refractivity contribution in [1.82, 2.24) is 0 Å². The molecule has 2 atom stereocenters. The highest BCUT2D eigenvalue weighted by Gasteiger charge is 2.16. The first kappa shape index (κ1) is 13.5. The van der Waals surface area contributed by atoms with E-state index in [1.54, 1.807) is 0 Å². The molecule has 0 aliphatic rings. The molecule has 0 aliphatic heterocycles. The molecular weight excluding hydrogens is 254 g/mol. The van der Waals surface area contributed by atoms with Crippen LogP contribution in [0.2, 0.25) is 0 Å². The molecule has 0 aromatic heterocycles. The number of hydrogen-bond acceptors (Lipinski definition) is 2. The van der Waals surface area contributed by atoms with Crippen molar-refractivity contribution in [3.8, 4) is 6.07 Å². The standard InChI is InChI=1S/C16H15NOS/c1-13-7-5-6-10-16(13)19(18)12-15(11-17)14-8-3-2-4-9-14/h2-10,15H,12H2,1H3. The molecule has 0 amide bonds. The SMILES string of the molecule is Cc1ccccc1S(=O)CC(C#N)c1ccccc1. The number of nitriles is 1. The molecule has 2 aromatic rings. The molecule has 96 valence electrons. The van der Waals surface area contributed by atoms with E-state index in [0.29, 0.717) is 5.75 Å². The zero-order chi connectivity index (χ0) is 13.7. The Labute approximate surface area is 116 Å². The van der Waals surface area contributed by atoms with E-state index >= 15 is 0 Å². The van der Waals surface area contributed by atoms with Gasteiger partial charge < -0.3 is 0 Å². The van der Waals surface area contributed by atoms with Gasteiger partial charge in [0.15, 0.2) is 0 Å². The summed E-state index contributed by atoms with van der Waals surface area (Å²) in [6, 6.07) is 19.4. The first-order chi connectivity index (χ1) is 9.22. The van der Waals surface area contributed by atoms with E-state index in [2.05, 4.69) is 6.07 Å². The molecule has 2 aromatic carbocycles. The molecule has 3 heteroatoms. The van der Waals surface area contributed by atoms with Gasteiger partial charge in [-0.05, 0) is 24.1 Å². The molecule has 0 saturated heterocycles. The lowest BCUT2D eigenvalue weighted by Crippen LogP contribution is -2.09. The molecule has 0 spiro atoms. The summed E-state index contributed by atoms with van der Waals surface area (Å²) in [4.78, 5) is 0.818. The molecule has 0 heterocycles. The maximum atomic E-state index is 12.4. The molecule has 0 aliphatic carbocycles. The van der Waals surface area contributed by atoms with E-state index in [0.717, 1.165) is 16.0 Å². The van der Waals surface area contributed by atoms with Crippen LogP contribution < -0.4 is 0 Å². The first-order valence-electron chi connectivity index (χ1n) is 6.11. The molecule has 0 N–H and O–H groups in total. The van der Waals surface area contributed by atoms with Crippen molar-refractivity contribution in [1.29, 1.82) is 5.26 Å². The van der Waals surface area contributed by atoms with Crippen LogP contribution in [0.25, 0.3) is 0 Å². The van der Waals surface area contributed by atoms with Crippen LogP contribution in [0.4, 0.5) is 0 Å². The summed E-state index contributed by atoms with van der Waals surface area (Å²) in [6.45, 7) is 1.94. The molecule has 0 bridgehead atoms. The quantitative estimate of drug-likeness (QED) is 0.853. The second-order valence-corrected chi connectivity index (χ2v) is 5.83. The Hall–Kier alpha value is -1.92. The van der Waals surface area contributed by atoms with Crippen molar-refractivity contribution in [2.45, 2.75) is 17.7 Å². The maximum Gasteiger partial charge on any atom is 0.0831 e. The van der Waals surface area contributed by atoms with E-state index < -0.39 is 10.8 Å². The van der Waals surface area contributed by atoms with Gasteiger partial charge in [-0.25, -0.2) is 0 Å². The number of hydrogen-bond donors (Lipinski definition) is 0.